The van der Waals surface area contributed by atoms with Gasteiger partial charge >= 0.3 is 0 Å². The fraction of sp³-hybridized carbons (Fsp3) is 0.696. The minimum Gasteiger partial charge on any atom is -0.508 e. The summed E-state index contributed by atoms with van der Waals surface area (Å²) in [7, 11) is 1.85. The highest BCUT2D eigenvalue weighted by Gasteiger charge is 2.58. The highest BCUT2D eigenvalue weighted by molar-refractivity contribution is 5.76. The first kappa shape index (κ1) is 18.8. The van der Waals surface area contributed by atoms with E-state index in [0.717, 1.165) is 38.6 Å². The van der Waals surface area contributed by atoms with Crippen LogP contribution in [0.3, 0.4) is 0 Å². The van der Waals surface area contributed by atoms with Gasteiger partial charge in [-0.15, -0.1) is 0 Å². The molecule has 0 radical (unpaired) electrons. The van der Waals surface area contributed by atoms with Gasteiger partial charge in [0.15, 0.2) is 0 Å². The number of phenolic OH excluding ortho intramolecular Hbond substituents is 1. The van der Waals surface area contributed by atoms with Gasteiger partial charge in [-0.3, -0.25) is 4.79 Å². The van der Waals surface area contributed by atoms with Crippen molar-refractivity contribution in [3.63, 3.8) is 0 Å². The van der Waals surface area contributed by atoms with Crippen molar-refractivity contribution >= 4 is 5.91 Å². The first-order valence-electron chi connectivity index (χ1n) is 10.6. The van der Waals surface area contributed by atoms with Gasteiger partial charge in [0.1, 0.15) is 5.75 Å². The number of phenols is 1. The number of aromatic hydroxyl groups is 1. The number of aliphatic hydroxyl groups is 1. The molecule has 2 saturated carbocycles. The predicted molar refractivity (Wildman–Crippen MR) is 106 cm³/mol. The second-order valence-electron chi connectivity index (χ2n) is 9.40. The average Bonchev–Trinajstić information content (AvgIpc) is 2.91. The van der Waals surface area contributed by atoms with Gasteiger partial charge in [0, 0.05) is 20.0 Å². The molecule has 4 rings (SSSR count). The van der Waals surface area contributed by atoms with Gasteiger partial charge in [0.2, 0.25) is 5.91 Å². The zero-order chi connectivity index (χ0) is 19.3. The molecular weight excluding hydrogens is 338 g/mol. The summed E-state index contributed by atoms with van der Waals surface area (Å²) in [4.78, 5) is 14.2. The molecule has 1 aromatic rings. The van der Waals surface area contributed by atoms with E-state index in [1.807, 2.05) is 26.1 Å². The highest BCUT2D eigenvalue weighted by atomic mass is 16.3. The van der Waals surface area contributed by atoms with Crippen molar-refractivity contribution in [2.24, 2.45) is 23.2 Å². The normalized spacial score (nSPS) is 37.3. The van der Waals surface area contributed by atoms with Gasteiger partial charge in [-0.05, 0) is 91.4 Å². The monoisotopic (exact) mass is 371 g/mol. The number of nitrogens with zero attached hydrogens (tertiary/aromatic N) is 1. The maximum atomic E-state index is 12.5. The summed E-state index contributed by atoms with van der Waals surface area (Å²) in [6.45, 7) is 4.97. The molecule has 3 aliphatic rings. The Morgan fingerprint density at radius 2 is 2.11 bits per heavy atom. The lowest BCUT2D eigenvalue weighted by atomic mass is 9.55. The van der Waals surface area contributed by atoms with Crippen molar-refractivity contribution in [3.8, 4) is 5.75 Å². The van der Waals surface area contributed by atoms with Gasteiger partial charge in [0.25, 0.3) is 0 Å². The minimum atomic E-state index is -0.376. The summed E-state index contributed by atoms with van der Waals surface area (Å²) in [6.07, 6.45) is 5.32. The SMILES string of the molecule is CCN(C)C(=O)CC1CC2C3CCc4cc(O)ccc4C3CCC2(C)C1O. The molecule has 0 aromatic heterocycles. The van der Waals surface area contributed by atoms with E-state index >= 15 is 0 Å². The van der Waals surface area contributed by atoms with E-state index in [0.29, 0.717) is 29.9 Å². The second kappa shape index (κ2) is 6.80. The lowest BCUT2D eigenvalue weighted by Crippen LogP contribution is -2.44. The summed E-state index contributed by atoms with van der Waals surface area (Å²) in [5.74, 6) is 2.21. The summed E-state index contributed by atoms with van der Waals surface area (Å²) in [5.41, 5.74) is 2.64. The Balaban J connectivity index is 1.57. The van der Waals surface area contributed by atoms with Gasteiger partial charge in [-0.1, -0.05) is 13.0 Å². The zero-order valence-electron chi connectivity index (χ0n) is 16.8. The molecule has 3 aliphatic carbocycles. The third kappa shape index (κ3) is 2.97. The molecule has 6 unspecified atom stereocenters. The number of carbonyl (C=O) groups is 1. The largest absolute Gasteiger partial charge is 0.508 e. The predicted octanol–water partition coefficient (Wildman–Crippen LogP) is 3.70. The number of carbonyl (C=O) groups excluding carboxylic acids is 1. The van der Waals surface area contributed by atoms with Crippen LogP contribution in [0.15, 0.2) is 18.2 Å². The Bertz CT molecular complexity index is 732. The molecule has 4 nitrogen and oxygen atoms in total. The molecule has 0 aliphatic heterocycles. The van der Waals surface area contributed by atoms with Crippen LogP contribution in [0.25, 0.3) is 0 Å². The molecular formula is C23H33NO3. The summed E-state index contributed by atoms with van der Waals surface area (Å²) in [5, 5.41) is 21.0. The maximum Gasteiger partial charge on any atom is 0.222 e. The van der Waals surface area contributed by atoms with Crippen LogP contribution in [0.2, 0.25) is 0 Å². The van der Waals surface area contributed by atoms with E-state index in [1.54, 1.807) is 4.90 Å². The van der Waals surface area contributed by atoms with Gasteiger partial charge < -0.3 is 15.1 Å². The van der Waals surface area contributed by atoms with Crippen molar-refractivity contribution < 1.29 is 15.0 Å². The molecule has 4 heteroatoms. The number of hydrogen-bond acceptors (Lipinski definition) is 3. The highest BCUT2D eigenvalue weighted by Crippen LogP contribution is 2.62. The van der Waals surface area contributed by atoms with E-state index in [-0.39, 0.29) is 23.3 Å². The number of aryl methyl sites for hydroxylation is 1. The molecule has 0 heterocycles. The van der Waals surface area contributed by atoms with Crippen LogP contribution in [0.1, 0.15) is 63.0 Å². The first-order chi connectivity index (χ1) is 12.8. The molecule has 6 atom stereocenters. The minimum absolute atomic E-state index is 0.0642. The van der Waals surface area contributed by atoms with E-state index in [9.17, 15) is 15.0 Å². The van der Waals surface area contributed by atoms with Crippen molar-refractivity contribution in [2.75, 3.05) is 13.6 Å². The molecule has 27 heavy (non-hydrogen) atoms. The molecule has 1 aromatic carbocycles. The van der Waals surface area contributed by atoms with Gasteiger partial charge in [0.05, 0.1) is 6.10 Å². The molecule has 0 spiro atoms. The standard InChI is InChI=1S/C23H33NO3/c1-4-24(3)21(26)13-15-12-20-19-7-5-14-11-16(25)6-8-17(14)18(19)9-10-23(20,2)22(15)27/h6,8,11,15,18-20,22,25,27H,4-5,7,9-10,12-13H2,1-3H3. The van der Waals surface area contributed by atoms with Crippen LogP contribution in [0.4, 0.5) is 0 Å². The quantitative estimate of drug-likeness (QED) is 0.852. The molecule has 0 saturated heterocycles. The average molecular weight is 372 g/mol. The first-order valence-corrected chi connectivity index (χ1v) is 10.6. The smallest absolute Gasteiger partial charge is 0.222 e. The van der Waals surface area contributed by atoms with E-state index in [4.69, 9.17) is 0 Å². The zero-order valence-corrected chi connectivity index (χ0v) is 16.8. The Morgan fingerprint density at radius 1 is 1.33 bits per heavy atom. The summed E-state index contributed by atoms with van der Waals surface area (Å²) in [6, 6.07) is 5.87. The fourth-order valence-electron chi connectivity index (χ4n) is 6.47. The van der Waals surface area contributed by atoms with Crippen LogP contribution < -0.4 is 0 Å². The number of rotatable bonds is 3. The molecule has 148 valence electrons. The van der Waals surface area contributed by atoms with Crippen molar-refractivity contribution in [2.45, 2.75) is 64.4 Å². The second-order valence-corrected chi connectivity index (χ2v) is 9.40. The van der Waals surface area contributed by atoms with Crippen LogP contribution >= 0.6 is 0 Å². The van der Waals surface area contributed by atoms with Crippen LogP contribution in [0, 0.1) is 23.2 Å². The number of aliphatic hydroxyl groups excluding tert-OH is 1. The van der Waals surface area contributed by atoms with Gasteiger partial charge in [-0.2, -0.15) is 0 Å². The Labute approximate surface area is 162 Å². The van der Waals surface area contributed by atoms with Crippen molar-refractivity contribution in [3.05, 3.63) is 29.3 Å². The lowest BCUT2D eigenvalue weighted by Gasteiger charge is -2.50. The third-order valence-corrected chi connectivity index (χ3v) is 8.16. The van der Waals surface area contributed by atoms with E-state index in [1.165, 1.54) is 11.1 Å². The Morgan fingerprint density at radius 3 is 2.85 bits per heavy atom. The van der Waals surface area contributed by atoms with Crippen molar-refractivity contribution in [1.82, 2.24) is 4.90 Å². The number of benzene rings is 1. The summed E-state index contributed by atoms with van der Waals surface area (Å²) < 4.78 is 0. The van der Waals surface area contributed by atoms with Crippen LogP contribution in [0.5, 0.6) is 5.75 Å². The molecule has 2 fully saturated rings. The van der Waals surface area contributed by atoms with E-state index in [2.05, 4.69) is 13.0 Å². The number of hydrogen-bond donors (Lipinski definition) is 2. The molecule has 2 N–H and O–H groups in total. The van der Waals surface area contributed by atoms with E-state index < -0.39 is 0 Å². The number of fused-ring (bicyclic) bond motifs is 5. The van der Waals surface area contributed by atoms with Crippen LogP contribution in [-0.2, 0) is 11.2 Å². The summed E-state index contributed by atoms with van der Waals surface area (Å²) >= 11 is 0. The Hall–Kier alpha value is -1.55. The van der Waals surface area contributed by atoms with Gasteiger partial charge in [-0.25, -0.2) is 0 Å². The Kier molecular flexibility index (Phi) is 4.74. The molecule has 0 bridgehead atoms. The van der Waals surface area contributed by atoms with Crippen LogP contribution in [-0.4, -0.2) is 40.7 Å². The lowest BCUT2D eigenvalue weighted by molar-refractivity contribution is -0.131. The number of amides is 1. The van der Waals surface area contributed by atoms with Crippen molar-refractivity contribution in [1.29, 1.82) is 0 Å². The maximum absolute atomic E-state index is 12.5. The molecule has 1 amide bonds. The third-order valence-electron chi connectivity index (χ3n) is 8.16. The topological polar surface area (TPSA) is 60.8 Å². The fourth-order valence-corrected chi connectivity index (χ4v) is 6.47.